The van der Waals surface area contributed by atoms with Crippen LogP contribution in [0.3, 0.4) is 0 Å². The van der Waals surface area contributed by atoms with Gasteiger partial charge in [0.05, 0.1) is 6.04 Å². The second-order valence-corrected chi connectivity index (χ2v) is 5.39. The molecule has 1 aromatic carbocycles. The molecule has 0 spiro atoms. The first-order chi connectivity index (χ1) is 9.15. The van der Waals surface area contributed by atoms with Crippen LogP contribution >= 0.6 is 0 Å². The van der Waals surface area contributed by atoms with Gasteiger partial charge in [0.15, 0.2) is 0 Å². The Hall–Kier alpha value is -1.83. The lowest BCUT2D eigenvalue weighted by Gasteiger charge is -2.46. The number of benzene rings is 1. The van der Waals surface area contributed by atoms with Crippen LogP contribution in [0.1, 0.15) is 26.2 Å². The predicted octanol–water partition coefficient (Wildman–Crippen LogP) is 4.58. The van der Waals surface area contributed by atoms with Crippen LogP contribution in [0.4, 0.5) is 10.1 Å². The third kappa shape index (κ3) is 2.23. The van der Waals surface area contributed by atoms with Gasteiger partial charge in [-0.2, -0.15) is 0 Å². The van der Waals surface area contributed by atoms with E-state index in [0.717, 1.165) is 30.6 Å². The van der Waals surface area contributed by atoms with Crippen molar-refractivity contribution in [1.82, 2.24) is 0 Å². The minimum atomic E-state index is -0.193. The first-order valence-corrected chi connectivity index (χ1v) is 6.74. The molecule has 2 aliphatic rings. The SMILES string of the molecule is C=C1CC(C2=CC=C(C)CC2)N1c1ccc(F)cc1. The second kappa shape index (κ2) is 4.69. The number of hydrogen-bond donors (Lipinski definition) is 0. The first-order valence-electron chi connectivity index (χ1n) is 6.74. The zero-order chi connectivity index (χ0) is 13.4. The average Bonchev–Trinajstić information content (AvgIpc) is 2.40. The van der Waals surface area contributed by atoms with Gasteiger partial charge in [0, 0.05) is 17.8 Å². The maximum absolute atomic E-state index is 13.0. The molecule has 0 aromatic heterocycles. The van der Waals surface area contributed by atoms with Crippen LogP contribution < -0.4 is 4.90 Å². The van der Waals surface area contributed by atoms with Crippen LogP contribution in [0.25, 0.3) is 0 Å². The van der Waals surface area contributed by atoms with Gasteiger partial charge in [0.2, 0.25) is 0 Å². The van der Waals surface area contributed by atoms with Crippen LogP contribution in [-0.4, -0.2) is 6.04 Å². The van der Waals surface area contributed by atoms with Crippen LogP contribution in [0.15, 0.2) is 59.8 Å². The van der Waals surface area contributed by atoms with E-state index in [1.165, 1.54) is 23.3 Å². The van der Waals surface area contributed by atoms with Crippen molar-refractivity contribution in [1.29, 1.82) is 0 Å². The molecule has 98 valence electrons. The van der Waals surface area contributed by atoms with E-state index in [-0.39, 0.29) is 5.82 Å². The fourth-order valence-electron chi connectivity index (χ4n) is 2.82. The van der Waals surface area contributed by atoms with Crippen molar-refractivity contribution in [3.63, 3.8) is 0 Å². The predicted molar refractivity (Wildman–Crippen MR) is 77.5 cm³/mol. The van der Waals surface area contributed by atoms with Gasteiger partial charge in [-0.1, -0.05) is 24.3 Å². The molecule has 3 rings (SSSR count). The minimum absolute atomic E-state index is 0.193. The van der Waals surface area contributed by atoms with E-state index >= 15 is 0 Å². The van der Waals surface area contributed by atoms with E-state index in [2.05, 4.69) is 30.6 Å². The molecule has 1 fully saturated rings. The van der Waals surface area contributed by atoms with Gasteiger partial charge in [-0.15, -0.1) is 0 Å². The van der Waals surface area contributed by atoms with Crippen LogP contribution in [0.5, 0.6) is 0 Å². The highest BCUT2D eigenvalue weighted by Crippen LogP contribution is 2.40. The first kappa shape index (κ1) is 12.2. The van der Waals surface area contributed by atoms with Gasteiger partial charge in [-0.3, -0.25) is 0 Å². The van der Waals surface area contributed by atoms with E-state index in [4.69, 9.17) is 0 Å². The number of nitrogens with zero attached hydrogens (tertiary/aromatic N) is 1. The zero-order valence-corrected chi connectivity index (χ0v) is 11.2. The van der Waals surface area contributed by atoms with E-state index in [1.807, 2.05) is 12.1 Å². The molecule has 1 saturated heterocycles. The van der Waals surface area contributed by atoms with Crippen molar-refractivity contribution in [2.75, 3.05) is 4.90 Å². The third-order valence-electron chi connectivity index (χ3n) is 4.00. The second-order valence-electron chi connectivity index (χ2n) is 5.39. The highest BCUT2D eigenvalue weighted by atomic mass is 19.1. The molecule has 1 aliphatic heterocycles. The normalized spacial score (nSPS) is 22.7. The van der Waals surface area contributed by atoms with Crippen molar-refractivity contribution < 1.29 is 4.39 Å². The summed E-state index contributed by atoms with van der Waals surface area (Å²) in [6.45, 7) is 6.26. The lowest BCUT2D eigenvalue weighted by Crippen LogP contribution is -2.46. The molecule has 0 N–H and O–H groups in total. The molecule has 0 radical (unpaired) electrons. The molecule has 0 saturated carbocycles. The topological polar surface area (TPSA) is 3.24 Å². The van der Waals surface area contributed by atoms with Crippen LogP contribution in [0, 0.1) is 5.82 Å². The largest absolute Gasteiger partial charge is 0.338 e. The fraction of sp³-hybridized carbons (Fsp3) is 0.294. The van der Waals surface area contributed by atoms with Gasteiger partial charge < -0.3 is 4.90 Å². The average molecular weight is 255 g/mol. The van der Waals surface area contributed by atoms with Gasteiger partial charge in [-0.25, -0.2) is 4.39 Å². The maximum Gasteiger partial charge on any atom is 0.123 e. The molecule has 0 amide bonds. The van der Waals surface area contributed by atoms with Crippen molar-refractivity contribution in [3.8, 4) is 0 Å². The molecule has 1 aromatic rings. The van der Waals surface area contributed by atoms with E-state index in [0.29, 0.717) is 6.04 Å². The number of halogens is 1. The van der Waals surface area contributed by atoms with E-state index < -0.39 is 0 Å². The minimum Gasteiger partial charge on any atom is -0.338 e. The standard InChI is InChI=1S/C17H18FN/c1-12-3-5-14(6-4-12)17-11-13(2)19(17)16-9-7-15(18)8-10-16/h3,5,7-10,17H,2,4,6,11H2,1H3. The highest BCUT2D eigenvalue weighted by Gasteiger charge is 2.34. The highest BCUT2D eigenvalue weighted by molar-refractivity contribution is 5.60. The molecule has 0 bridgehead atoms. The fourth-order valence-corrected chi connectivity index (χ4v) is 2.82. The van der Waals surface area contributed by atoms with Crippen molar-refractivity contribution in [2.24, 2.45) is 0 Å². The van der Waals surface area contributed by atoms with Crippen molar-refractivity contribution >= 4 is 5.69 Å². The molecule has 19 heavy (non-hydrogen) atoms. The Kier molecular flexibility index (Phi) is 3.02. The third-order valence-corrected chi connectivity index (χ3v) is 4.00. The Labute approximate surface area is 113 Å². The van der Waals surface area contributed by atoms with Gasteiger partial charge in [0.25, 0.3) is 0 Å². The van der Waals surface area contributed by atoms with Gasteiger partial charge >= 0.3 is 0 Å². The van der Waals surface area contributed by atoms with Crippen LogP contribution in [0.2, 0.25) is 0 Å². The van der Waals surface area contributed by atoms with E-state index in [1.54, 1.807) is 0 Å². The monoisotopic (exact) mass is 255 g/mol. The number of allylic oxidation sites excluding steroid dienone is 3. The molecule has 1 nitrogen and oxygen atoms in total. The summed E-state index contributed by atoms with van der Waals surface area (Å²) in [5.41, 5.74) is 5.05. The number of anilines is 1. The Morgan fingerprint density at radius 3 is 2.47 bits per heavy atom. The lowest BCUT2D eigenvalue weighted by molar-refractivity contribution is 0.563. The van der Waals surface area contributed by atoms with Gasteiger partial charge in [0.1, 0.15) is 5.82 Å². The summed E-state index contributed by atoms with van der Waals surface area (Å²) in [5, 5.41) is 0. The maximum atomic E-state index is 13.0. The van der Waals surface area contributed by atoms with Crippen LogP contribution in [-0.2, 0) is 0 Å². The number of hydrogen-bond acceptors (Lipinski definition) is 1. The summed E-state index contributed by atoms with van der Waals surface area (Å²) in [6, 6.07) is 7.09. The van der Waals surface area contributed by atoms with Crippen molar-refractivity contribution in [3.05, 3.63) is 65.7 Å². The van der Waals surface area contributed by atoms with E-state index in [9.17, 15) is 4.39 Å². The Morgan fingerprint density at radius 1 is 1.16 bits per heavy atom. The molecule has 1 unspecified atom stereocenters. The Bertz CT molecular complexity index is 565. The Morgan fingerprint density at radius 2 is 1.89 bits per heavy atom. The molecule has 1 atom stereocenters. The molecular weight excluding hydrogens is 237 g/mol. The molecule has 1 heterocycles. The summed E-state index contributed by atoms with van der Waals surface area (Å²) < 4.78 is 13.0. The van der Waals surface area contributed by atoms with Gasteiger partial charge in [-0.05, 0) is 49.6 Å². The quantitative estimate of drug-likeness (QED) is 0.747. The smallest absolute Gasteiger partial charge is 0.123 e. The zero-order valence-electron chi connectivity index (χ0n) is 11.2. The number of rotatable bonds is 2. The summed E-state index contributed by atoms with van der Waals surface area (Å²) in [4.78, 5) is 2.22. The molecule has 2 heteroatoms. The van der Waals surface area contributed by atoms with Crippen molar-refractivity contribution in [2.45, 2.75) is 32.2 Å². The molecule has 1 aliphatic carbocycles. The lowest BCUT2D eigenvalue weighted by atomic mass is 9.85. The summed E-state index contributed by atoms with van der Waals surface area (Å²) in [7, 11) is 0. The Balaban J connectivity index is 1.85. The summed E-state index contributed by atoms with van der Waals surface area (Å²) in [6.07, 6.45) is 7.73. The molecular formula is C17H18FN. The summed E-state index contributed by atoms with van der Waals surface area (Å²) >= 11 is 0. The summed E-state index contributed by atoms with van der Waals surface area (Å²) in [5.74, 6) is -0.193.